The summed E-state index contributed by atoms with van der Waals surface area (Å²) < 4.78 is 5.70. The molecule has 1 aliphatic heterocycles. The van der Waals surface area contributed by atoms with Crippen molar-refractivity contribution in [2.45, 2.75) is 12.8 Å². The first-order valence-electron chi connectivity index (χ1n) is 7.17. The molecule has 1 unspecified atom stereocenters. The van der Waals surface area contributed by atoms with Crippen molar-refractivity contribution in [2.24, 2.45) is 0 Å². The number of ether oxygens (including phenoxy) is 1. The quantitative estimate of drug-likeness (QED) is 0.890. The molecule has 1 heterocycles. The second kappa shape index (κ2) is 5.87. The smallest absolute Gasteiger partial charge is 0.144 e. The van der Waals surface area contributed by atoms with E-state index in [-0.39, 0.29) is 0 Å². The predicted molar refractivity (Wildman–Crippen MR) is 83.8 cm³/mol. The fourth-order valence-corrected chi connectivity index (χ4v) is 2.63. The number of rotatable bonds is 3. The van der Waals surface area contributed by atoms with E-state index in [9.17, 15) is 0 Å². The third-order valence-electron chi connectivity index (χ3n) is 3.66. The van der Waals surface area contributed by atoms with Gasteiger partial charge in [0.25, 0.3) is 0 Å². The lowest BCUT2D eigenvalue weighted by Gasteiger charge is -2.15. The van der Waals surface area contributed by atoms with Crippen LogP contribution in [0.4, 0.5) is 11.4 Å². The number of benzene rings is 2. The third-order valence-corrected chi connectivity index (χ3v) is 3.66. The van der Waals surface area contributed by atoms with Gasteiger partial charge >= 0.3 is 0 Å². The third kappa shape index (κ3) is 2.57. The van der Waals surface area contributed by atoms with E-state index in [1.54, 1.807) is 0 Å². The van der Waals surface area contributed by atoms with Crippen LogP contribution < -0.4 is 15.4 Å². The summed E-state index contributed by atoms with van der Waals surface area (Å²) in [6, 6.07) is 16.8. The Bertz CT molecular complexity index is 568. The highest BCUT2D eigenvalue weighted by Crippen LogP contribution is 2.35. The summed E-state index contributed by atoms with van der Waals surface area (Å²) in [6.45, 7) is 4.53. The van der Waals surface area contributed by atoms with Crippen LogP contribution in [-0.2, 0) is 0 Å². The summed E-state index contributed by atoms with van der Waals surface area (Å²) in [5.74, 6) is 1.38. The van der Waals surface area contributed by atoms with Crippen LogP contribution in [0.15, 0.2) is 48.5 Å². The fourth-order valence-electron chi connectivity index (χ4n) is 2.63. The van der Waals surface area contributed by atoms with Crippen molar-refractivity contribution in [2.75, 3.05) is 30.3 Å². The molecule has 1 atom stereocenters. The molecule has 0 aromatic heterocycles. The lowest BCUT2D eigenvalue weighted by molar-refractivity contribution is 0.342. The van der Waals surface area contributed by atoms with E-state index in [0.717, 1.165) is 30.2 Å². The highest BCUT2D eigenvalue weighted by Gasteiger charge is 2.18. The molecule has 104 valence electrons. The van der Waals surface area contributed by atoms with Gasteiger partial charge in [-0.15, -0.1) is 0 Å². The maximum absolute atomic E-state index is 5.70. The van der Waals surface area contributed by atoms with E-state index in [2.05, 4.69) is 47.0 Å². The molecule has 2 aromatic carbocycles. The van der Waals surface area contributed by atoms with Crippen LogP contribution in [0, 0.1) is 0 Å². The predicted octanol–water partition coefficient (Wildman–Crippen LogP) is 3.71. The minimum absolute atomic E-state index is 0.457. The van der Waals surface area contributed by atoms with Crippen LogP contribution >= 0.6 is 0 Å². The molecule has 3 rings (SSSR count). The van der Waals surface area contributed by atoms with Gasteiger partial charge in [-0.2, -0.15) is 0 Å². The molecule has 2 aromatic rings. The summed E-state index contributed by atoms with van der Waals surface area (Å²) in [5.41, 5.74) is 3.56. The molecule has 0 fully saturated rings. The molecule has 0 spiro atoms. The van der Waals surface area contributed by atoms with Gasteiger partial charge in [-0.1, -0.05) is 36.4 Å². The van der Waals surface area contributed by atoms with Crippen molar-refractivity contribution in [1.29, 1.82) is 0 Å². The number of hydrogen-bond acceptors (Lipinski definition) is 3. The minimum atomic E-state index is 0.457. The van der Waals surface area contributed by atoms with Crippen molar-refractivity contribution in [3.8, 4) is 5.75 Å². The molecule has 0 saturated carbocycles. The van der Waals surface area contributed by atoms with E-state index in [1.165, 1.54) is 5.56 Å². The average molecular weight is 268 g/mol. The van der Waals surface area contributed by atoms with E-state index < -0.39 is 0 Å². The summed E-state index contributed by atoms with van der Waals surface area (Å²) in [4.78, 5) is 0. The van der Waals surface area contributed by atoms with E-state index >= 15 is 0 Å². The summed E-state index contributed by atoms with van der Waals surface area (Å²) in [6.07, 6.45) is 0. The Kier molecular flexibility index (Phi) is 3.77. The van der Waals surface area contributed by atoms with Crippen LogP contribution in [-0.4, -0.2) is 19.7 Å². The number of para-hydroxylation sites is 1. The Morgan fingerprint density at radius 3 is 2.60 bits per heavy atom. The topological polar surface area (TPSA) is 33.3 Å². The number of anilines is 2. The van der Waals surface area contributed by atoms with Crippen molar-refractivity contribution in [1.82, 2.24) is 0 Å². The molecule has 0 saturated heterocycles. The first-order chi connectivity index (χ1) is 9.88. The van der Waals surface area contributed by atoms with Gasteiger partial charge in [0.1, 0.15) is 11.4 Å². The van der Waals surface area contributed by atoms with E-state index in [1.807, 2.05) is 19.1 Å². The van der Waals surface area contributed by atoms with Gasteiger partial charge in [-0.25, -0.2) is 0 Å². The zero-order valence-corrected chi connectivity index (χ0v) is 11.7. The first kappa shape index (κ1) is 12.9. The lowest BCUT2D eigenvalue weighted by atomic mass is 9.99. The molecule has 3 nitrogen and oxygen atoms in total. The van der Waals surface area contributed by atoms with Gasteiger partial charge in [-0.05, 0) is 24.6 Å². The van der Waals surface area contributed by atoms with Crippen molar-refractivity contribution in [3.05, 3.63) is 54.1 Å². The molecular weight excluding hydrogens is 248 g/mol. The highest BCUT2D eigenvalue weighted by molar-refractivity contribution is 5.76. The second-order valence-corrected chi connectivity index (χ2v) is 4.98. The zero-order valence-electron chi connectivity index (χ0n) is 11.7. The standard InChI is InChI=1S/C17H20N2O/c1-2-20-16-10-6-9-15-17(16)19-12-14(11-18-15)13-7-4-3-5-8-13/h3-10,14,18-19H,2,11-12H2,1H3. The Morgan fingerprint density at radius 1 is 1.00 bits per heavy atom. The van der Waals surface area contributed by atoms with E-state index in [0.29, 0.717) is 12.5 Å². The summed E-state index contributed by atoms with van der Waals surface area (Å²) in [7, 11) is 0. The highest BCUT2D eigenvalue weighted by atomic mass is 16.5. The Hall–Kier alpha value is -2.16. The van der Waals surface area contributed by atoms with E-state index in [4.69, 9.17) is 4.74 Å². The number of hydrogen-bond donors (Lipinski definition) is 2. The normalized spacial score (nSPS) is 17.4. The zero-order chi connectivity index (χ0) is 13.8. The van der Waals surface area contributed by atoms with Gasteiger partial charge in [-0.3, -0.25) is 0 Å². The molecule has 0 aliphatic carbocycles. The van der Waals surface area contributed by atoms with Crippen molar-refractivity contribution < 1.29 is 4.74 Å². The SMILES string of the molecule is CCOc1cccc2c1NCC(c1ccccc1)CN2. The van der Waals surface area contributed by atoms with Crippen LogP contribution in [0.1, 0.15) is 18.4 Å². The van der Waals surface area contributed by atoms with Gasteiger partial charge < -0.3 is 15.4 Å². The Labute approximate surface area is 120 Å². The summed E-state index contributed by atoms with van der Waals surface area (Å²) in [5, 5.41) is 7.07. The second-order valence-electron chi connectivity index (χ2n) is 4.98. The molecule has 1 aliphatic rings. The number of fused-ring (bicyclic) bond motifs is 1. The lowest BCUT2D eigenvalue weighted by Crippen LogP contribution is -2.16. The molecule has 0 radical (unpaired) electrons. The maximum atomic E-state index is 5.70. The minimum Gasteiger partial charge on any atom is -0.492 e. The van der Waals surface area contributed by atoms with Crippen LogP contribution in [0.25, 0.3) is 0 Å². The van der Waals surface area contributed by atoms with Gasteiger partial charge in [0.05, 0.1) is 12.3 Å². The number of nitrogens with one attached hydrogen (secondary N) is 2. The Morgan fingerprint density at radius 2 is 1.80 bits per heavy atom. The summed E-state index contributed by atoms with van der Waals surface area (Å²) >= 11 is 0. The Balaban J connectivity index is 1.83. The maximum Gasteiger partial charge on any atom is 0.144 e. The van der Waals surface area contributed by atoms with Crippen LogP contribution in [0.3, 0.4) is 0 Å². The molecular formula is C17H20N2O. The molecule has 0 bridgehead atoms. The monoisotopic (exact) mass is 268 g/mol. The molecule has 0 amide bonds. The van der Waals surface area contributed by atoms with Crippen LogP contribution in [0.2, 0.25) is 0 Å². The first-order valence-corrected chi connectivity index (χ1v) is 7.17. The molecule has 20 heavy (non-hydrogen) atoms. The molecule has 3 heteroatoms. The van der Waals surface area contributed by atoms with Crippen LogP contribution in [0.5, 0.6) is 5.75 Å². The van der Waals surface area contributed by atoms with Crippen molar-refractivity contribution in [3.63, 3.8) is 0 Å². The average Bonchev–Trinajstić information content (AvgIpc) is 2.72. The van der Waals surface area contributed by atoms with Gasteiger partial charge in [0.15, 0.2) is 0 Å². The van der Waals surface area contributed by atoms with Gasteiger partial charge in [0, 0.05) is 19.0 Å². The van der Waals surface area contributed by atoms with Crippen molar-refractivity contribution >= 4 is 11.4 Å². The fraction of sp³-hybridized carbons (Fsp3) is 0.294. The van der Waals surface area contributed by atoms with Gasteiger partial charge in [0.2, 0.25) is 0 Å². The largest absolute Gasteiger partial charge is 0.492 e. The molecule has 2 N–H and O–H groups in total.